The van der Waals surface area contributed by atoms with Gasteiger partial charge in [-0.1, -0.05) is 96.7 Å². The van der Waals surface area contributed by atoms with Crippen LogP contribution in [0.3, 0.4) is 0 Å². The molecule has 14 heteroatoms. The molecular formula is C48H51N13S. The van der Waals surface area contributed by atoms with Crippen molar-refractivity contribution < 1.29 is 0 Å². The predicted octanol–water partition coefficient (Wildman–Crippen LogP) is 7.88. The van der Waals surface area contributed by atoms with Crippen LogP contribution in [0.25, 0.3) is 33.1 Å². The van der Waals surface area contributed by atoms with E-state index in [1.807, 2.05) is 6.26 Å². The third kappa shape index (κ3) is 9.08. The molecule has 8 aromatic rings. The van der Waals surface area contributed by atoms with Gasteiger partial charge in [0.2, 0.25) is 0 Å². The number of anilines is 4. The quantitative estimate of drug-likeness (QED) is 0.0628. The van der Waals surface area contributed by atoms with E-state index in [1.165, 1.54) is 11.1 Å². The standard InChI is InChI=1S/C48H51N13S/c1-62-48-56-43(28-46(57-48)61-24-20-59(21-25-61)32-35-12-6-3-7-13-35)50-30-44-54-41-17-9-15-38(47(41)55-44)37-14-8-16-40-39(37)26-36(53-40)29-49-42-27-45(52-33-51-42)60-22-18-58(19-23-60)31-34-10-4-2-5-11-34/h2-17,26-28,33,53H,18-25,29-32H2,1H3,(H,54,55)(H,49,51,52)(H,50,56,57). The Morgan fingerprint density at radius 1 is 0.565 bits per heavy atom. The Morgan fingerprint density at radius 3 is 1.89 bits per heavy atom. The number of fused-ring (bicyclic) bond motifs is 2. The average molecular weight is 842 g/mol. The number of para-hydroxylation sites is 1. The first-order valence-corrected chi connectivity index (χ1v) is 22.7. The second-order valence-corrected chi connectivity index (χ2v) is 16.8. The summed E-state index contributed by atoms with van der Waals surface area (Å²) in [6, 6.07) is 40.5. The van der Waals surface area contributed by atoms with Gasteiger partial charge in [-0.25, -0.2) is 24.9 Å². The number of hydrogen-bond acceptors (Lipinski definition) is 12. The van der Waals surface area contributed by atoms with E-state index in [9.17, 15) is 0 Å². The van der Waals surface area contributed by atoms with Crippen molar-refractivity contribution in [3.8, 4) is 11.1 Å². The number of piperazine rings is 2. The smallest absolute Gasteiger partial charge is 0.191 e. The normalized spacial score (nSPS) is 15.1. The first-order chi connectivity index (χ1) is 30.6. The molecule has 62 heavy (non-hydrogen) atoms. The Kier molecular flexibility index (Phi) is 11.7. The molecule has 6 heterocycles. The molecule has 314 valence electrons. The highest BCUT2D eigenvalue weighted by molar-refractivity contribution is 7.98. The van der Waals surface area contributed by atoms with Gasteiger partial charge in [-0.05, 0) is 41.1 Å². The highest BCUT2D eigenvalue weighted by Gasteiger charge is 2.21. The largest absolute Gasteiger partial charge is 0.364 e. The summed E-state index contributed by atoms with van der Waals surface area (Å²) in [5.74, 6) is 4.36. The zero-order valence-corrected chi connectivity index (χ0v) is 35.8. The molecule has 2 aliphatic heterocycles. The number of imidazole rings is 1. The van der Waals surface area contributed by atoms with E-state index in [-0.39, 0.29) is 0 Å². The predicted molar refractivity (Wildman–Crippen MR) is 252 cm³/mol. The van der Waals surface area contributed by atoms with Gasteiger partial charge in [-0.3, -0.25) is 9.80 Å². The number of rotatable bonds is 14. The monoisotopic (exact) mass is 841 g/mol. The van der Waals surface area contributed by atoms with Crippen LogP contribution in [0.4, 0.5) is 23.3 Å². The maximum Gasteiger partial charge on any atom is 0.191 e. The van der Waals surface area contributed by atoms with Crippen LogP contribution in [0.1, 0.15) is 22.6 Å². The number of aromatic amines is 2. The zero-order valence-electron chi connectivity index (χ0n) is 35.0. The van der Waals surface area contributed by atoms with Crippen molar-refractivity contribution in [2.45, 2.75) is 31.3 Å². The lowest BCUT2D eigenvalue weighted by atomic mass is 10.0. The second-order valence-electron chi connectivity index (χ2n) is 16.0. The molecule has 0 saturated carbocycles. The van der Waals surface area contributed by atoms with Gasteiger partial charge < -0.3 is 30.4 Å². The van der Waals surface area contributed by atoms with Gasteiger partial charge >= 0.3 is 0 Å². The first-order valence-electron chi connectivity index (χ1n) is 21.4. The number of H-pyrrole nitrogens is 2. The summed E-state index contributed by atoms with van der Waals surface area (Å²) in [4.78, 5) is 41.0. The summed E-state index contributed by atoms with van der Waals surface area (Å²) in [6.45, 7) is 10.8. The lowest BCUT2D eigenvalue weighted by Crippen LogP contribution is -2.46. The molecule has 0 spiro atoms. The van der Waals surface area contributed by atoms with Gasteiger partial charge in [0.25, 0.3) is 0 Å². The molecule has 0 aliphatic carbocycles. The Morgan fingerprint density at radius 2 is 1.19 bits per heavy atom. The minimum atomic E-state index is 0.503. The van der Waals surface area contributed by atoms with E-state index >= 15 is 0 Å². The van der Waals surface area contributed by atoms with Crippen LogP contribution in [0, 0.1) is 0 Å². The highest BCUT2D eigenvalue weighted by atomic mass is 32.2. The lowest BCUT2D eigenvalue weighted by molar-refractivity contribution is 0.249. The molecule has 0 radical (unpaired) electrons. The van der Waals surface area contributed by atoms with Gasteiger partial charge in [-0.2, -0.15) is 0 Å². The number of nitrogens with one attached hydrogen (secondary N) is 4. The van der Waals surface area contributed by atoms with Crippen molar-refractivity contribution in [2.75, 3.05) is 79.0 Å². The third-order valence-corrected chi connectivity index (χ3v) is 12.4. The van der Waals surface area contributed by atoms with Gasteiger partial charge in [0.05, 0.1) is 24.1 Å². The Bertz CT molecular complexity index is 2740. The summed E-state index contributed by atoms with van der Waals surface area (Å²) in [7, 11) is 0. The average Bonchev–Trinajstić information content (AvgIpc) is 3.96. The van der Waals surface area contributed by atoms with Crippen molar-refractivity contribution in [1.82, 2.24) is 44.7 Å². The fourth-order valence-corrected chi connectivity index (χ4v) is 8.99. The Hall–Kier alpha value is -6.48. The van der Waals surface area contributed by atoms with Crippen molar-refractivity contribution in [1.29, 1.82) is 0 Å². The van der Waals surface area contributed by atoms with Crippen LogP contribution < -0.4 is 20.4 Å². The summed E-state index contributed by atoms with van der Waals surface area (Å²) < 4.78 is 0. The van der Waals surface area contributed by atoms with Gasteiger partial charge in [0, 0.05) is 99.7 Å². The maximum atomic E-state index is 5.13. The van der Waals surface area contributed by atoms with E-state index in [0.29, 0.717) is 13.1 Å². The summed E-state index contributed by atoms with van der Waals surface area (Å²) in [5, 5.41) is 8.99. The first kappa shape index (κ1) is 39.6. The molecule has 0 atom stereocenters. The summed E-state index contributed by atoms with van der Waals surface area (Å²) in [5.41, 5.74) is 9.00. The summed E-state index contributed by atoms with van der Waals surface area (Å²) >= 11 is 1.56. The lowest BCUT2D eigenvalue weighted by Gasteiger charge is -2.35. The Labute approximate surface area is 366 Å². The third-order valence-electron chi connectivity index (χ3n) is 11.9. The fourth-order valence-electron chi connectivity index (χ4n) is 8.61. The van der Waals surface area contributed by atoms with E-state index in [4.69, 9.17) is 15.0 Å². The van der Waals surface area contributed by atoms with Crippen LogP contribution >= 0.6 is 11.8 Å². The molecule has 4 N–H and O–H groups in total. The SMILES string of the molecule is CSc1nc(NCc2nc3c(-c4cccc5[nH]c(CNc6cc(N7CCN(Cc8ccccc8)CC7)ncn6)cc45)cccc3[nH]2)cc(N2CCN(Cc3ccccc3)CC2)n1. The molecule has 4 aromatic heterocycles. The van der Waals surface area contributed by atoms with Gasteiger partial charge in [-0.15, -0.1) is 0 Å². The molecule has 0 bridgehead atoms. The maximum absolute atomic E-state index is 5.13. The molecule has 10 rings (SSSR count). The molecule has 2 aliphatic rings. The molecular weight excluding hydrogens is 791 g/mol. The van der Waals surface area contributed by atoms with E-state index < -0.39 is 0 Å². The number of thioether (sulfide) groups is 1. The van der Waals surface area contributed by atoms with E-state index in [0.717, 1.165) is 138 Å². The van der Waals surface area contributed by atoms with E-state index in [2.05, 4.69) is 165 Å². The Balaban J connectivity index is 0.789. The number of aromatic nitrogens is 7. The molecule has 13 nitrogen and oxygen atoms in total. The van der Waals surface area contributed by atoms with Crippen LogP contribution in [-0.2, 0) is 26.2 Å². The molecule has 0 amide bonds. The molecule has 2 fully saturated rings. The second kappa shape index (κ2) is 18.2. The van der Waals surface area contributed by atoms with Crippen molar-refractivity contribution in [3.63, 3.8) is 0 Å². The van der Waals surface area contributed by atoms with E-state index in [1.54, 1.807) is 18.1 Å². The minimum absolute atomic E-state index is 0.503. The molecule has 4 aromatic carbocycles. The number of benzene rings is 4. The summed E-state index contributed by atoms with van der Waals surface area (Å²) in [6.07, 6.45) is 3.68. The van der Waals surface area contributed by atoms with Crippen molar-refractivity contribution in [3.05, 3.63) is 144 Å². The van der Waals surface area contributed by atoms with Gasteiger partial charge in [0.1, 0.15) is 35.4 Å². The topological polar surface area (TPSA) is 133 Å². The number of nitrogens with zero attached hydrogens (tertiary/aromatic N) is 9. The van der Waals surface area contributed by atoms with Crippen LogP contribution in [0.2, 0.25) is 0 Å². The van der Waals surface area contributed by atoms with Crippen LogP contribution in [0.5, 0.6) is 0 Å². The minimum Gasteiger partial charge on any atom is -0.364 e. The van der Waals surface area contributed by atoms with Crippen LogP contribution in [-0.4, -0.2) is 103 Å². The highest BCUT2D eigenvalue weighted by Crippen LogP contribution is 2.34. The fraction of sp³-hybridized carbons (Fsp3) is 0.271. The number of hydrogen-bond donors (Lipinski definition) is 4. The van der Waals surface area contributed by atoms with Crippen LogP contribution in [0.15, 0.2) is 127 Å². The molecule has 2 saturated heterocycles. The van der Waals surface area contributed by atoms with Gasteiger partial charge in [0.15, 0.2) is 5.16 Å². The van der Waals surface area contributed by atoms with Crippen molar-refractivity contribution >= 4 is 57.0 Å². The van der Waals surface area contributed by atoms with Crippen molar-refractivity contribution in [2.24, 2.45) is 0 Å². The zero-order chi connectivity index (χ0) is 41.7. The molecule has 0 unspecified atom stereocenters.